The molecule has 1 aliphatic heterocycles. The molecule has 1 aliphatic rings. The number of carbonyl (C=O) groups is 3. The number of fused-ring (bicyclic) bond motifs is 1. The van der Waals surface area contributed by atoms with Gasteiger partial charge in [0.05, 0.1) is 11.1 Å². The van der Waals surface area contributed by atoms with Gasteiger partial charge in [0.1, 0.15) is 0 Å². The molecule has 0 saturated carbocycles. The highest BCUT2D eigenvalue weighted by molar-refractivity contribution is 6.20. The first-order valence-electron chi connectivity index (χ1n) is 6.41. The number of amides is 2. The quantitative estimate of drug-likeness (QED) is 0.764. The van der Waals surface area contributed by atoms with Crippen molar-refractivity contribution in [3.8, 4) is 0 Å². The summed E-state index contributed by atoms with van der Waals surface area (Å²) >= 11 is 0. The van der Waals surface area contributed by atoms with Gasteiger partial charge >= 0.3 is 5.97 Å². The fourth-order valence-corrected chi connectivity index (χ4v) is 1.95. The van der Waals surface area contributed by atoms with Gasteiger partial charge in [0, 0.05) is 6.61 Å². The van der Waals surface area contributed by atoms with Gasteiger partial charge in [-0.2, -0.15) is 0 Å². The molecule has 2 rings (SSSR count). The summed E-state index contributed by atoms with van der Waals surface area (Å²) in [4.78, 5) is 40.8. The Bertz CT molecular complexity index is 519. The van der Waals surface area contributed by atoms with E-state index in [1.807, 2.05) is 0 Å². The number of imide groups is 1. The molecule has 1 atom stereocenters. The Morgan fingerprint density at radius 1 is 1.15 bits per heavy atom. The number of hydrogen-bond acceptors (Lipinski definition) is 5. The van der Waals surface area contributed by atoms with Crippen LogP contribution in [0.5, 0.6) is 0 Å². The maximum Gasteiger partial charge on any atom is 0.361 e. The van der Waals surface area contributed by atoms with Crippen LogP contribution >= 0.6 is 0 Å². The first-order valence-corrected chi connectivity index (χ1v) is 6.41. The summed E-state index contributed by atoms with van der Waals surface area (Å²) in [6.07, 6.45) is -0.389. The summed E-state index contributed by atoms with van der Waals surface area (Å²) in [5.41, 5.74) is 0.463. The number of carbonyl (C=O) groups excluding carboxylic acids is 3. The molecule has 1 unspecified atom stereocenters. The minimum Gasteiger partial charge on any atom is -0.367 e. The molecule has 0 N–H and O–H groups in total. The van der Waals surface area contributed by atoms with Crippen LogP contribution in [0.3, 0.4) is 0 Å². The zero-order valence-corrected chi connectivity index (χ0v) is 11.3. The monoisotopic (exact) mass is 277 g/mol. The Hall–Kier alpha value is -2.21. The van der Waals surface area contributed by atoms with Crippen LogP contribution < -0.4 is 0 Å². The van der Waals surface area contributed by atoms with Gasteiger partial charge < -0.3 is 9.57 Å². The average molecular weight is 277 g/mol. The largest absolute Gasteiger partial charge is 0.367 e. The Morgan fingerprint density at radius 2 is 1.70 bits per heavy atom. The Kier molecular flexibility index (Phi) is 4.14. The van der Waals surface area contributed by atoms with E-state index in [0.717, 1.165) is 0 Å². The Morgan fingerprint density at radius 3 is 2.15 bits per heavy atom. The highest BCUT2D eigenvalue weighted by Crippen LogP contribution is 2.23. The van der Waals surface area contributed by atoms with E-state index in [1.54, 1.807) is 26.0 Å². The van der Waals surface area contributed by atoms with Crippen molar-refractivity contribution in [2.75, 3.05) is 6.61 Å². The van der Waals surface area contributed by atoms with E-state index in [0.29, 0.717) is 18.1 Å². The molecule has 1 aromatic rings. The number of rotatable bonds is 5. The molecular weight excluding hydrogens is 262 g/mol. The second-order valence-corrected chi connectivity index (χ2v) is 4.21. The predicted octanol–water partition coefficient (Wildman–Crippen LogP) is 1.56. The summed E-state index contributed by atoms with van der Waals surface area (Å²) in [5.74, 6) is -2.01. The minimum absolute atomic E-state index is 0.231. The molecule has 0 fully saturated rings. The molecule has 0 aromatic heterocycles. The maximum atomic E-state index is 12.0. The summed E-state index contributed by atoms with van der Waals surface area (Å²) in [7, 11) is 0. The van der Waals surface area contributed by atoms with Gasteiger partial charge in [0.25, 0.3) is 11.8 Å². The van der Waals surface area contributed by atoms with E-state index in [-0.39, 0.29) is 11.1 Å². The third-order valence-electron chi connectivity index (χ3n) is 2.94. The van der Waals surface area contributed by atoms with E-state index in [1.165, 1.54) is 12.1 Å². The summed E-state index contributed by atoms with van der Waals surface area (Å²) in [6, 6.07) is 6.32. The first-order chi connectivity index (χ1) is 9.60. The number of nitrogens with zero attached hydrogens (tertiary/aromatic N) is 1. The van der Waals surface area contributed by atoms with Gasteiger partial charge in [-0.1, -0.05) is 24.1 Å². The van der Waals surface area contributed by atoms with Gasteiger partial charge in [-0.05, 0) is 25.5 Å². The topological polar surface area (TPSA) is 72.9 Å². The van der Waals surface area contributed by atoms with Crippen LogP contribution in [0.2, 0.25) is 0 Å². The minimum atomic E-state index is -0.788. The van der Waals surface area contributed by atoms with Crippen LogP contribution in [0.1, 0.15) is 41.0 Å². The second-order valence-electron chi connectivity index (χ2n) is 4.21. The van der Waals surface area contributed by atoms with Gasteiger partial charge in [-0.3, -0.25) is 9.59 Å². The zero-order valence-electron chi connectivity index (χ0n) is 11.3. The van der Waals surface area contributed by atoms with E-state index in [4.69, 9.17) is 9.57 Å². The zero-order chi connectivity index (χ0) is 14.7. The molecule has 2 amide bonds. The molecule has 6 nitrogen and oxygen atoms in total. The predicted molar refractivity (Wildman–Crippen MR) is 68.7 cm³/mol. The van der Waals surface area contributed by atoms with Crippen LogP contribution in [0.4, 0.5) is 0 Å². The van der Waals surface area contributed by atoms with Crippen molar-refractivity contribution in [3.05, 3.63) is 35.4 Å². The summed E-state index contributed by atoms with van der Waals surface area (Å²) in [5, 5.41) is 0.495. The lowest BCUT2D eigenvalue weighted by atomic mass is 10.1. The number of hydrogen-bond donors (Lipinski definition) is 0. The van der Waals surface area contributed by atoms with Crippen LogP contribution in [0, 0.1) is 0 Å². The lowest BCUT2D eigenvalue weighted by molar-refractivity contribution is -0.181. The lowest BCUT2D eigenvalue weighted by Crippen LogP contribution is -2.37. The van der Waals surface area contributed by atoms with E-state index >= 15 is 0 Å². The van der Waals surface area contributed by atoms with Crippen molar-refractivity contribution in [1.29, 1.82) is 0 Å². The smallest absolute Gasteiger partial charge is 0.361 e. The molecule has 106 valence electrons. The van der Waals surface area contributed by atoms with E-state index in [2.05, 4.69) is 0 Å². The average Bonchev–Trinajstić information content (AvgIpc) is 2.70. The fourth-order valence-electron chi connectivity index (χ4n) is 1.95. The van der Waals surface area contributed by atoms with E-state index < -0.39 is 23.9 Å². The second kappa shape index (κ2) is 5.83. The van der Waals surface area contributed by atoms with Crippen molar-refractivity contribution < 1.29 is 24.0 Å². The molecule has 0 spiro atoms. The normalized spacial score (nSPS) is 15.2. The molecule has 1 heterocycles. The van der Waals surface area contributed by atoms with Crippen molar-refractivity contribution >= 4 is 17.8 Å². The highest BCUT2D eigenvalue weighted by atomic mass is 16.7. The molecule has 0 bridgehead atoms. The van der Waals surface area contributed by atoms with Gasteiger partial charge in [0.2, 0.25) is 0 Å². The third kappa shape index (κ3) is 2.42. The number of hydroxylamine groups is 2. The van der Waals surface area contributed by atoms with Crippen LogP contribution in [-0.2, 0) is 14.4 Å². The molecule has 1 aromatic carbocycles. The van der Waals surface area contributed by atoms with Crippen LogP contribution in [-0.4, -0.2) is 35.6 Å². The van der Waals surface area contributed by atoms with Crippen molar-refractivity contribution in [1.82, 2.24) is 5.06 Å². The van der Waals surface area contributed by atoms with Crippen LogP contribution in [0.15, 0.2) is 24.3 Å². The van der Waals surface area contributed by atoms with Gasteiger partial charge in [-0.25, -0.2) is 4.79 Å². The molecule has 20 heavy (non-hydrogen) atoms. The van der Waals surface area contributed by atoms with Gasteiger partial charge in [-0.15, -0.1) is 0 Å². The molecule has 0 saturated heterocycles. The Labute approximate surface area is 116 Å². The molecular formula is C14H15NO5. The number of benzene rings is 1. The van der Waals surface area contributed by atoms with Crippen molar-refractivity contribution in [2.24, 2.45) is 0 Å². The van der Waals surface area contributed by atoms with Gasteiger partial charge in [0.15, 0.2) is 6.10 Å². The lowest BCUT2D eigenvalue weighted by Gasteiger charge is -2.17. The fraction of sp³-hybridized carbons (Fsp3) is 0.357. The summed E-state index contributed by atoms with van der Waals surface area (Å²) < 4.78 is 5.19. The third-order valence-corrected chi connectivity index (χ3v) is 2.94. The van der Waals surface area contributed by atoms with Crippen molar-refractivity contribution in [3.63, 3.8) is 0 Å². The van der Waals surface area contributed by atoms with Crippen molar-refractivity contribution in [2.45, 2.75) is 26.4 Å². The maximum absolute atomic E-state index is 12.0. The Balaban J connectivity index is 2.14. The molecule has 0 aliphatic carbocycles. The standard InChI is InChI=1S/C14H15NO5/c1-3-11(19-4-2)14(18)20-15-12(16)9-7-5-6-8-10(9)13(15)17/h5-8,11H,3-4H2,1-2H3. The van der Waals surface area contributed by atoms with Crippen LogP contribution in [0.25, 0.3) is 0 Å². The SMILES string of the molecule is CCOC(CC)C(=O)ON1C(=O)c2ccccc2C1=O. The molecule has 6 heteroatoms. The summed E-state index contributed by atoms with van der Waals surface area (Å²) in [6.45, 7) is 3.84. The highest BCUT2D eigenvalue weighted by Gasteiger charge is 2.39. The van der Waals surface area contributed by atoms with E-state index in [9.17, 15) is 14.4 Å². The number of ether oxygens (including phenoxy) is 1. The first kappa shape index (κ1) is 14.2. The molecule has 0 radical (unpaired) electrons.